The molecule has 7 heteroatoms. The molecule has 0 bridgehead atoms. The summed E-state index contributed by atoms with van der Waals surface area (Å²) in [4.78, 5) is 39.3. The van der Waals surface area contributed by atoms with Crippen LogP contribution >= 0.6 is 0 Å². The van der Waals surface area contributed by atoms with E-state index in [0.717, 1.165) is 38.4 Å². The molecular formula is C22H38N2O5. The van der Waals surface area contributed by atoms with Gasteiger partial charge in [0.05, 0.1) is 11.6 Å². The molecule has 29 heavy (non-hydrogen) atoms. The van der Waals surface area contributed by atoms with Crippen LogP contribution in [0.15, 0.2) is 0 Å². The summed E-state index contributed by atoms with van der Waals surface area (Å²) in [6.45, 7) is 9.25. The molecule has 0 aromatic rings. The third-order valence-corrected chi connectivity index (χ3v) is 5.83. The molecule has 0 spiro atoms. The average molecular weight is 411 g/mol. The van der Waals surface area contributed by atoms with E-state index in [1.807, 2.05) is 0 Å². The average Bonchev–Trinajstić information content (AvgIpc) is 2.99. The maximum Gasteiger partial charge on any atom is 0.408 e. The molecule has 2 N–H and O–H groups in total. The molecule has 1 heterocycles. The summed E-state index contributed by atoms with van der Waals surface area (Å²) in [6, 6.07) is -1.26. The van der Waals surface area contributed by atoms with Crippen LogP contribution < -0.4 is 5.32 Å². The summed E-state index contributed by atoms with van der Waals surface area (Å²) in [7, 11) is 0. The highest BCUT2D eigenvalue weighted by Crippen LogP contribution is 2.33. The molecule has 7 nitrogen and oxygen atoms in total. The SMILES string of the molecule is CC(C)(O)C[C@H]1CCN(C(=O)C(NC(=O)OC(C)(C)C)C2CCCCC2)C1C=O. The zero-order valence-corrected chi connectivity index (χ0v) is 18.6. The Bertz CT molecular complexity index is 587. The molecule has 1 saturated carbocycles. The van der Waals surface area contributed by atoms with Crippen LogP contribution in [0.1, 0.15) is 79.6 Å². The highest BCUT2D eigenvalue weighted by Gasteiger charge is 2.43. The van der Waals surface area contributed by atoms with Gasteiger partial charge in [-0.2, -0.15) is 0 Å². The largest absolute Gasteiger partial charge is 0.444 e. The maximum absolute atomic E-state index is 13.5. The van der Waals surface area contributed by atoms with Crippen molar-refractivity contribution in [1.29, 1.82) is 0 Å². The first kappa shape index (κ1) is 23.6. The summed E-state index contributed by atoms with van der Waals surface area (Å²) in [6.07, 6.45) is 6.28. The van der Waals surface area contributed by atoms with E-state index in [9.17, 15) is 19.5 Å². The van der Waals surface area contributed by atoms with Gasteiger partial charge in [-0.05, 0) is 72.1 Å². The van der Waals surface area contributed by atoms with Gasteiger partial charge >= 0.3 is 6.09 Å². The van der Waals surface area contributed by atoms with Gasteiger partial charge < -0.3 is 24.9 Å². The fourth-order valence-corrected chi connectivity index (χ4v) is 4.65. The van der Waals surface area contributed by atoms with Crippen molar-refractivity contribution in [2.75, 3.05) is 6.54 Å². The van der Waals surface area contributed by atoms with Crippen LogP contribution in [0.5, 0.6) is 0 Å². The smallest absolute Gasteiger partial charge is 0.408 e. The molecular weight excluding hydrogens is 372 g/mol. The van der Waals surface area contributed by atoms with Crippen molar-refractivity contribution in [2.45, 2.75) is 103 Å². The van der Waals surface area contributed by atoms with E-state index in [1.165, 1.54) is 0 Å². The van der Waals surface area contributed by atoms with Gasteiger partial charge in [-0.25, -0.2) is 4.79 Å². The molecule has 2 unspecified atom stereocenters. The number of ether oxygens (including phenoxy) is 1. The van der Waals surface area contributed by atoms with Crippen LogP contribution in [0.25, 0.3) is 0 Å². The second-order valence-corrected chi connectivity index (χ2v) is 10.2. The fraction of sp³-hybridized carbons (Fsp3) is 0.864. The van der Waals surface area contributed by atoms with Gasteiger partial charge in [-0.15, -0.1) is 0 Å². The molecule has 0 aromatic carbocycles. The normalized spacial score (nSPS) is 24.8. The molecule has 1 aliphatic heterocycles. The summed E-state index contributed by atoms with van der Waals surface area (Å²) < 4.78 is 5.39. The number of aliphatic hydroxyl groups is 1. The van der Waals surface area contributed by atoms with Gasteiger partial charge in [0.2, 0.25) is 5.91 Å². The van der Waals surface area contributed by atoms with Crippen LogP contribution in [-0.2, 0) is 14.3 Å². The van der Waals surface area contributed by atoms with Crippen LogP contribution in [0.3, 0.4) is 0 Å². The first-order chi connectivity index (χ1) is 13.4. The summed E-state index contributed by atoms with van der Waals surface area (Å²) >= 11 is 0. The monoisotopic (exact) mass is 410 g/mol. The molecule has 166 valence electrons. The zero-order chi connectivity index (χ0) is 21.8. The number of carbonyl (C=O) groups is 3. The Morgan fingerprint density at radius 2 is 1.76 bits per heavy atom. The third-order valence-electron chi connectivity index (χ3n) is 5.83. The second-order valence-electron chi connectivity index (χ2n) is 10.2. The maximum atomic E-state index is 13.5. The number of alkyl carbamates (subject to hydrolysis) is 1. The van der Waals surface area contributed by atoms with Crippen molar-refractivity contribution < 1.29 is 24.2 Å². The van der Waals surface area contributed by atoms with Crippen molar-refractivity contribution in [1.82, 2.24) is 10.2 Å². The minimum atomic E-state index is -0.900. The van der Waals surface area contributed by atoms with Crippen LogP contribution in [-0.4, -0.2) is 58.1 Å². The van der Waals surface area contributed by atoms with E-state index in [4.69, 9.17) is 4.74 Å². The van der Waals surface area contributed by atoms with Crippen molar-refractivity contribution in [2.24, 2.45) is 11.8 Å². The van der Waals surface area contributed by atoms with Crippen LogP contribution in [0, 0.1) is 11.8 Å². The summed E-state index contributed by atoms with van der Waals surface area (Å²) in [5, 5.41) is 13.0. The Morgan fingerprint density at radius 1 is 1.14 bits per heavy atom. The van der Waals surface area contributed by atoms with Gasteiger partial charge in [0.1, 0.15) is 17.9 Å². The first-order valence-corrected chi connectivity index (χ1v) is 10.9. The number of amides is 2. The number of hydrogen-bond acceptors (Lipinski definition) is 5. The van der Waals surface area contributed by atoms with Crippen LogP contribution in [0.4, 0.5) is 4.79 Å². The quantitative estimate of drug-likeness (QED) is 0.656. The predicted molar refractivity (Wildman–Crippen MR) is 110 cm³/mol. The zero-order valence-electron chi connectivity index (χ0n) is 18.6. The van der Waals surface area contributed by atoms with Crippen molar-refractivity contribution in [3.63, 3.8) is 0 Å². The lowest BCUT2D eigenvalue weighted by molar-refractivity contribution is -0.139. The van der Waals surface area contributed by atoms with E-state index in [-0.39, 0.29) is 17.7 Å². The topological polar surface area (TPSA) is 95.9 Å². The highest BCUT2D eigenvalue weighted by molar-refractivity contribution is 5.88. The van der Waals surface area contributed by atoms with Gasteiger partial charge in [0.15, 0.2) is 0 Å². The van der Waals surface area contributed by atoms with Gasteiger partial charge in [0, 0.05) is 6.54 Å². The fourth-order valence-electron chi connectivity index (χ4n) is 4.65. The van der Waals surface area contributed by atoms with E-state index < -0.39 is 29.4 Å². The van der Waals surface area contributed by atoms with E-state index in [1.54, 1.807) is 39.5 Å². The molecule has 2 fully saturated rings. The van der Waals surface area contributed by atoms with Crippen molar-refractivity contribution in [3.05, 3.63) is 0 Å². The summed E-state index contributed by atoms with van der Waals surface area (Å²) in [5.74, 6) is -0.243. The number of nitrogens with zero attached hydrogens (tertiary/aromatic N) is 1. The number of carbonyl (C=O) groups excluding carboxylic acids is 3. The Kier molecular flexibility index (Phi) is 7.71. The highest BCUT2D eigenvalue weighted by atomic mass is 16.6. The molecule has 0 radical (unpaired) electrons. The Balaban J connectivity index is 2.17. The molecule has 3 atom stereocenters. The lowest BCUT2D eigenvalue weighted by Gasteiger charge is -2.35. The minimum Gasteiger partial charge on any atom is -0.444 e. The van der Waals surface area contributed by atoms with E-state index in [0.29, 0.717) is 19.4 Å². The lowest BCUT2D eigenvalue weighted by atomic mass is 9.83. The molecule has 0 aromatic heterocycles. The van der Waals surface area contributed by atoms with Gasteiger partial charge in [-0.3, -0.25) is 4.79 Å². The first-order valence-electron chi connectivity index (χ1n) is 10.9. The Hall–Kier alpha value is -1.63. The Morgan fingerprint density at radius 3 is 2.28 bits per heavy atom. The summed E-state index contributed by atoms with van der Waals surface area (Å²) in [5.41, 5.74) is -1.55. The molecule has 1 saturated heterocycles. The number of aldehydes is 1. The van der Waals surface area contributed by atoms with Gasteiger partial charge in [0.25, 0.3) is 0 Å². The van der Waals surface area contributed by atoms with E-state index >= 15 is 0 Å². The minimum absolute atomic E-state index is 0.0457. The van der Waals surface area contributed by atoms with Crippen molar-refractivity contribution >= 4 is 18.3 Å². The molecule has 2 aliphatic rings. The molecule has 1 aliphatic carbocycles. The van der Waals surface area contributed by atoms with E-state index in [2.05, 4.69) is 5.32 Å². The molecule has 2 rings (SSSR count). The van der Waals surface area contributed by atoms with Gasteiger partial charge in [-0.1, -0.05) is 19.3 Å². The van der Waals surface area contributed by atoms with Crippen LogP contribution in [0.2, 0.25) is 0 Å². The number of rotatable bonds is 6. The van der Waals surface area contributed by atoms with Crippen molar-refractivity contribution in [3.8, 4) is 0 Å². The predicted octanol–water partition coefficient (Wildman–Crippen LogP) is 3.04. The standard InChI is InChI=1S/C22H38N2O5/c1-21(2,3)29-20(27)23-18(15-9-7-6-8-10-15)19(26)24-12-11-16(17(24)14-25)13-22(4,5)28/h14-18,28H,6-13H2,1-5H3,(H,23,27)/t16-,17?,18?/m1/s1. The third kappa shape index (κ3) is 6.98. The Labute approximate surface area is 174 Å². The molecule has 2 amide bonds. The number of hydrogen-bond donors (Lipinski definition) is 2. The number of nitrogens with one attached hydrogen (secondary N) is 1. The number of likely N-dealkylation sites (tertiary alicyclic amines) is 1. The second kappa shape index (κ2) is 9.45. The lowest BCUT2D eigenvalue weighted by Crippen LogP contribution is -2.55.